The van der Waals surface area contributed by atoms with Crippen LogP contribution >= 0.6 is 27.7 Å². The van der Waals surface area contributed by atoms with E-state index in [1.807, 2.05) is 72.8 Å². The molecule has 2 aliphatic heterocycles. The van der Waals surface area contributed by atoms with E-state index < -0.39 is 0 Å². The van der Waals surface area contributed by atoms with E-state index in [2.05, 4.69) is 26.9 Å². The molecule has 0 saturated carbocycles. The van der Waals surface area contributed by atoms with Crippen LogP contribution in [0.4, 0.5) is 5.69 Å². The number of hydrogen-bond acceptors (Lipinski definition) is 6. The Hall–Kier alpha value is -3.41. The number of rotatable bonds is 6. The highest BCUT2D eigenvalue weighted by molar-refractivity contribution is 9.10. The molecule has 1 amide bonds. The van der Waals surface area contributed by atoms with E-state index in [0.29, 0.717) is 36.2 Å². The van der Waals surface area contributed by atoms with Crippen LogP contribution in [0.1, 0.15) is 23.5 Å². The minimum atomic E-state index is -0.322. The number of allylic oxidation sites excluding steroid dienone is 1. The molecule has 0 bridgehead atoms. The predicted octanol–water partition coefficient (Wildman–Crippen LogP) is 6.26. The summed E-state index contributed by atoms with van der Waals surface area (Å²) in [6.45, 7) is 0.850. The summed E-state index contributed by atoms with van der Waals surface area (Å²) in [6, 6.07) is 26.0. The Bertz CT molecular complexity index is 1340. The molecule has 1 saturated heterocycles. The highest BCUT2D eigenvalue weighted by Crippen LogP contribution is 2.44. The minimum absolute atomic E-state index is 0.00619. The Kier molecular flexibility index (Phi) is 7.21. The third kappa shape index (κ3) is 4.95. The molecule has 36 heavy (non-hydrogen) atoms. The Labute approximate surface area is 223 Å². The number of halogens is 1. The van der Waals surface area contributed by atoms with Crippen molar-refractivity contribution in [3.05, 3.63) is 99.0 Å². The van der Waals surface area contributed by atoms with Crippen LogP contribution < -0.4 is 14.4 Å². The third-order valence-corrected chi connectivity index (χ3v) is 8.00. The van der Waals surface area contributed by atoms with Crippen molar-refractivity contribution in [2.45, 2.75) is 18.9 Å². The first kappa shape index (κ1) is 24.3. The van der Waals surface area contributed by atoms with E-state index in [1.165, 1.54) is 11.8 Å². The van der Waals surface area contributed by atoms with Crippen molar-refractivity contribution in [3.63, 3.8) is 0 Å². The molecule has 8 heteroatoms. The fourth-order valence-electron chi connectivity index (χ4n) is 4.42. The van der Waals surface area contributed by atoms with Gasteiger partial charge in [0, 0.05) is 22.5 Å². The zero-order chi connectivity index (χ0) is 25.1. The molecular formula is C28H24BrN3O3S. The molecule has 0 N–H and O–H groups in total. The van der Waals surface area contributed by atoms with E-state index in [4.69, 9.17) is 9.47 Å². The number of nitrogens with zero attached hydrogens (tertiary/aromatic N) is 3. The lowest BCUT2D eigenvalue weighted by Crippen LogP contribution is -2.47. The van der Waals surface area contributed by atoms with Gasteiger partial charge in [-0.05, 0) is 47.5 Å². The number of nitriles is 1. The van der Waals surface area contributed by atoms with E-state index in [1.54, 1.807) is 12.0 Å². The molecule has 2 aliphatic rings. The highest BCUT2D eigenvalue weighted by atomic mass is 79.9. The van der Waals surface area contributed by atoms with Gasteiger partial charge in [-0.3, -0.25) is 9.69 Å². The van der Waals surface area contributed by atoms with Gasteiger partial charge in [0.1, 0.15) is 6.61 Å². The van der Waals surface area contributed by atoms with Crippen LogP contribution in [0, 0.1) is 11.3 Å². The van der Waals surface area contributed by atoms with E-state index >= 15 is 0 Å². The second-order valence-corrected chi connectivity index (χ2v) is 10.4. The average molecular weight is 562 g/mol. The topological polar surface area (TPSA) is 65.8 Å². The lowest BCUT2D eigenvalue weighted by atomic mass is 9.86. The van der Waals surface area contributed by atoms with Gasteiger partial charge in [0.15, 0.2) is 11.5 Å². The normalized spacial score (nSPS) is 17.5. The predicted molar refractivity (Wildman–Crippen MR) is 145 cm³/mol. The third-order valence-electron chi connectivity index (χ3n) is 6.31. The van der Waals surface area contributed by atoms with Crippen LogP contribution in [0.2, 0.25) is 0 Å². The summed E-state index contributed by atoms with van der Waals surface area (Å²) in [7, 11) is 1.60. The minimum Gasteiger partial charge on any atom is -0.493 e. The van der Waals surface area contributed by atoms with Gasteiger partial charge >= 0.3 is 0 Å². The first-order valence-corrected chi connectivity index (χ1v) is 13.3. The van der Waals surface area contributed by atoms with Gasteiger partial charge in [0.25, 0.3) is 0 Å². The van der Waals surface area contributed by atoms with Gasteiger partial charge in [-0.15, -0.1) is 0 Å². The van der Waals surface area contributed by atoms with Crippen molar-refractivity contribution in [2.75, 3.05) is 24.6 Å². The number of carbonyl (C=O) groups is 1. The number of anilines is 1. The van der Waals surface area contributed by atoms with Gasteiger partial charge in [-0.1, -0.05) is 64.1 Å². The molecule has 0 unspecified atom stereocenters. The van der Waals surface area contributed by atoms with Gasteiger partial charge < -0.3 is 14.4 Å². The maximum Gasteiger partial charge on any atom is 0.229 e. The largest absolute Gasteiger partial charge is 0.493 e. The number of fused-ring (bicyclic) bond motifs is 1. The average Bonchev–Trinajstić information content (AvgIpc) is 2.92. The lowest BCUT2D eigenvalue weighted by Gasteiger charge is -2.42. The summed E-state index contributed by atoms with van der Waals surface area (Å²) in [5.74, 6) is 1.55. The van der Waals surface area contributed by atoms with Crippen LogP contribution in [-0.4, -0.2) is 30.5 Å². The SMILES string of the molecule is COc1cc([C@@H]2CC(=O)N3CN(c4ccc(Br)cc4)CSC3=C2C#N)ccc1OCc1ccccc1. The van der Waals surface area contributed by atoms with Crippen molar-refractivity contribution in [1.29, 1.82) is 5.26 Å². The second kappa shape index (κ2) is 10.7. The van der Waals surface area contributed by atoms with Crippen LogP contribution in [0.15, 0.2) is 87.9 Å². The number of benzene rings is 3. The molecule has 6 nitrogen and oxygen atoms in total. The van der Waals surface area contributed by atoms with Gasteiger partial charge in [0.2, 0.25) is 5.91 Å². The smallest absolute Gasteiger partial charge is 0.229 e. The van der Waals surface area contributed by atoms with Crippen LogP contribution in [-0.2, 0) is 11.4 Å². The Morgan fingerprint density at radius 3 is 2.58 bits per heavy atom. The number of ether oxygens (including phenoxy) is 2. The molecular weight excluding hydrogens is 538 g/mol. The maximum absolute atomic E-state index is 13.3. The molecule has 5 rings (SSSR count). The lowest BCUT2D eigenvalue weighted by molar-refractivity contribution is -0.129. The first-order valence-electron chi connectivity index (χ1n) is 11.5. The van der Waals surface area contributed by atoms with Crippen molar-refractivity contribution < 1.29 is 14.3 Å². The molecule has 2 heterocycles. The number of methoxy groups -OCH3 is 1. The molecule has 3 aromatic rings. The molecule has 0 aromatic heterocycles. The standard InChI is InChI=1S/C28H24BrN3O3S/c1-34-26-13-20(7-12-25(26)35-16-19-5-3-2-4-6-19)23-14-27(33)32-17-31(18-36-28(32)24(23)15-30)22-10-8-21(29)9-11-22/h2-13,23H,14,16-18H2,1H3/t23-/m0/s1. The van der Waals surface area contributed by atoms with E-state index in [9.17, 15) is 10.1 Å². The molecule has 0 aliphatic carbocycles. The summed E-state index contributed by atoms with van der Waals surface area (Å²) in [5.41, 5.74) is 3.58. The summed E-state index contributed by atoms with van der Waals surface area (Å²) in [6.07, 6.45) is 0.231. The first-order chi connectivity index (χ1) is 17.6. The maximum atomic E-state index is 13.3. The zero-order valence-corrected chi connectivity index (χ0v) is 22.1. The van der Waals surface area contributed by atoms with E-state index in [-0.39, 0.29) is 18.2 Å². The zero-order valence-electron chi connectivity index (χ0n) is 19.7. The van der Waals surface area contributed by atoms with Gasteiger partial charge in [0.05, 0.1) is 36.3 Å². The number of carbonyl (C=O) groups excluding carboxylic acids is 1. The van der Waals surface area contributed by atoms with E-state index in [0.717, 1.165) is 26.3 Å². The van der Waals surface area contributed by atoms with Crippen molar-refractivity contribution >= 4 is 39.3 Å². The Morgan fingerprint density at radius 1 is 1.08 bits per heavy atom. The highest BCUT2D eigenvalue weighted by Gasteiger charge is 2.38. The molecule has 182 valence electrons. The molecule has 0 spiro atoms. The Morgan fingerprint density at radius 2 is 1.86 bits per heavy atom. The molecule has 0 radical (unpaired) electrons. The summed E-state index contributed by atoms with van der Waals surface area (Å²) < 4.78 is 12.6. The quantitative estimate of drug-likeness (QED) is 0.354. The Balaban J connectivity index is 1.38. The molecule has 3 aromatic carbocycles. The molecule has 1 atom stereocenters. The fourth-order valence-corrected chi connectivity index (χ4v) is 5.85. The number of amides is 1. The van der Waals surface area contributed by atoms with Gasteiger partial charge in [-0.2, -0.15) is 5.26 Å². The van der Waals surface area contributed by atoms with Crippen molar-refractivity contribution in [3.8, 4) is 17.6 Å². The summed E-state index contributed by atoms with van der Waals surface area (Å²) in [5, 5.41) is 10.9. The van der Waals surface area contributed by atoms with Crippen molar-refractivity contribution in [1.82, 2.24) is 4.90 Å². The van der Waals surface area contributed by atoms with Crippen LogP contribution in [0.5, 0.6) is 11.5 Å². The monoisotopic (exact) mass is 561 g/mol. The van der Waals surface area contributed by atoms with Crippen molar-refractivity contribution in [2.24, 2.45) is 0 Å². The fraction of sp³-hybridized carbons (Fsp3) is 0.214. The van der Waals surface area contributed by atoms with Crippen LogP contribution in [0.25, 0.3) is 0 Å². The molecule has 1 fully saturated rings. The summed E-state index contributed by atoms with van der Waals surface area (Å²) in [4.78, 5) is 17.1. The number of hydrogen-bond donors (Lipinski definition) is 0. The number of thioether (sulfide) groups is 1. The second-order valence-electron chi connectivity index (χ2n) is 8.52. The summed E-state index contributed by atoms with van der Waals surface area (Å²) >= 11 is 4.99. The van der Waals surface area contributed by atoms with Crippen LogP contribution in [0.3, 0.4) is 0 Å². The van der Waals surface area contributed by atoms with Gasteiger partial charge in [-0.25, -0.2) is 0 Å².